The van der Waals surface area contributed by atoms with E-state index in [1.165, 1.54) is 16.2 Å². The predicted molar refractivity (Wildman–Crippen MR) is 100 cm³/mol. The molecule has 1 aliphatic rings. The molecular weight excluding hydrogens is 352 g/mol. The van der Waals surface area contributed by atoms with Gasteiger partial charge in [-0.1, -0.05) is 0 Å². The highest BCUT2D eigenvalue weighted by Gasteiger charge is 2.28. The molecule has 0 aliphatic heterocycles. The molecule has 136 valence electrons. The first-order valence-corrected chi connectivity index (χ1v) is 9.57. The summed E-state index contributed by atoms with van der Waals surface area (Å²) in [5, 5.41) is 3.51. The fraction of sp³-hybridized carbons (Fsp3) is 0.368. The van der Waals surface area contributed by atoms with Crippen LogP contribution in [0.5, 0.6) is 0 Å². The van der Waals surface area contributed by atoms with Crippen LogP contribution in [0.2, 0.25) is 0 Å². The number of fused-ring (bicyclic) bond motifs is 2. The number of carbonyl (C=O) groups excluding carboxylic acids is 2. The molecule has 1 aliphatic carbocycles. The molecule has 26 heavy (non-hydrogen) atoms. The molecule has 0 saturated carbocycles. The normalized spacial score (nSPS) is 13.6. The Labute approximate surface area is 154 Å². The molecule has 3 aromatic rings. The van der Waals surface area contributed by atoms with Crippen molar-refractivity contribution in [2.75, 3.05) is 11.9 Å². The van der Waals surface area contributed by atoms with Crippen molar-refractivity contribution in [3.63, 3.8) is 0 Å². The number of aromatic nitrogens is 1. The van der Waals surface area contributed by atoms with Gasteiger partial charge in [0.1, 0.15) is 10.7 Å². The molecule has 1 N–H and O–H groups in total. The van der Waals surface area contributed by atoms with Gasteiger partial charge in [-0.15, -0.1) is 11.3 Å². The summed E-state index contributed by atoms with van der Waals surface area (Å²) in [4.78, 5) is 26.5. The zero-order chi connectivity index (χ0) is 18.3. The van der Waals surface area contributed by atoms with Gasteiger partial charge in [0.2, 0.25) is 0 Å². The molecule has 0 radical (unpaired) electrons. The van der Waals surface area contributed by atoms with Crippen LogP contribution in [0.3, 0.4) is 0 Å². The Bertz CT molecular complexity index is 995. The van der Waals surface area contributed by atoms with E-state index in [-0.39, 0.29) is 11.9 Å². The highest BCUT2D eigenvalue weighted by Crippen LogP contribution is 2.39. The number of nitrogens with zero attached hydrogens (tertiary/aromatic N) is 1. The van der Waals surface area contributed by atoms with Crippen LogP contribution < -0.4 is 5.32 Å². The van der Waals surface area contributed by atoms with Crippen molar-refractivity contribution in [3.05, 3.63) is 40.1 Å². The number of hydrogen-bond acceptors (Lipinski definition) is 5. The van der Waals surface area contributed by atoms with Crippen LogP contribution in [0.4, 0.5) is 5.00 Å². The van der Waals surface area contributed by atoms with Crippen molar-refractivity contribution in [2.24, 2.45) is 7.05 Å². The number of aryl methyl sites for hydroxylation is 2. The van der Waals surface area contributed by atoms with E-state index >= 15 is 0 Å². The maximum Gasteiger partial charge on any atom is 0.341 e. The summed E-state index contributed by atoms with van der Waals surface area (Å²) >= 11 is 1.49. The number of esters is 1. The van der Waals surface area contributed by atoms with Gasteiger partial charge in [-0.2, -0.15) is 0 Å². The first kappa shape index (κ1) is 16.9. The number of hydrogen-bond donors (Lipinski definition) is 1. The largest absolute Gasteiger partial charge is 0.463 e. The van der Waals surface area contributed by atoms with Gasteiger partial charge in [-0.05, 0) is 38.2 Å². The van der Waals surface area contributed by atoms with E-state index < -0.39 is 0 Å². The molecular formula is C19H20N2O4S. The fourth-order valence-electron chi connectivity index (χ4n) is 3.51. The first-order chi connectivity index (χ1) is 12.6. The molecule has 3 aromatic heterocycles. The lowest BCUT2D eigenvalue weighted by Crippen LogP contribution is -2.17. The van der Waals surface area contributed by atoms with Gasteiger partial charge < -0.3 is 19.0 Å². The standard InChI is InChI=1S/C19H20N2O4S/c1-3-24-19(23)16-11-6-4-5-7-15(11)26-18(16)20-17(22)13-10-14-12(21(13)2)8-9-25-14/h8-10H,3-7H2,1-2H3,(H,20,22). The van der Waals surface area contributed by atoms with Crippen molar-refractivity contribution in [1.29, 1.82) is 0 Å². The SMILES string of the molecule is CCOC(=O)c1c(NC(=O)c2cc3occc3n2C)sc2c1CCCC2. The molecule has 0 spiro atoms. The average Bonchev–Trinajstić information content (AvgIpc) is 3.29. The van der Waals surface area contributed by atoms with Crippen LogP contribution in [0, 0.1) is 0 Å². The molecule has 3 heterocycles. The van der Waals surface area contributed by atoms with Crippen molar-refractivity contribution in [3.8, 4) is 0 Å². The summed E-state index contributed by atoms with van der Waals surface area (Å²) in [6, 6.07) is 3.53. The molecule has 0 bridgehead atoms. The number of carbonyl (C=O) groups is 2. The van der Waals surface area contributed by atoms with Gasteiger partial charge in [0.25, 0.3) is 5.91 Å². The van der Waals surface area contributed by atoms with Gasteiger partial charge in [0.05, 0.1) is 24.0 Å². The van der Waals surface area contributed by atoms with E-state index in [1.54, 1.807) is 23.8 Å². The summed E-state index contributed by atoms with van der Waals surface area (Å²) in [6.45, 7) is 2.10. The minimum atomic E-state index is -0.358. The van der Waals surface area contributed by atoms with Gasteiger partial charge >= 0.3 is 5.97 Å². The second kappa shape index (κ2) is 6.64. The smallest absolute Gasteiger partial charge is 0.341 e. The van der Waals surface area contributed by atoms with E-state index in [0.717, 1.165) is 36.8 Å². The van der Waals surface area contributed by atoms with Gasteiger partial charge in [-0.25, -0.2) is 4.79 Å². The molecule has 1 amide bonds. The van der Waals surface area contributed by atoms with Crippen molar-refractivity contribution < 1.29 is 18.7 Å². The molecule has 0 atom stereocenters. The Morgan fingerprint density at radius 3 is 2.92 bits per heavy atom. The van der Waals surface area contributed by atoms with Gasteiger partial charge in [0, 0.05) is 24.1 Å². The second-order valence-electron chi connectivity index (χ2n) is 6.35. The van der Waals surface area contributed by atoms with Crippen molar-refractivity contribution in [2.45, 2.75) is 32.6 Å². The monoisotopic (exact) mass is 372 g/mol. The summed E-state index contributed by atoms with van der Waals surface area (Å²) in [5.74, 6) is -0.620. The van der Waals surface area contributed by atoms with E-state index in [4.69, 9.17) is 9.15 Å². The number of furan rings is 1. The number of nitrogens with one attached hydrogen (secondary N) is 1. The van der Waals surface area contributed by atoms with Crippen LogP contribution in [0.1, 0.15) is 51.1 Å². The number of amides is 1. The van der Waals surface area contributed by atoms with Crippen LogP contribution in [0.15, 0.2) is 22.8 Å². The minimum absolute atomic E-state index is 0.261. The van der Waals surface area contributed by atoms with E-state index in [0.29, 0.717) is 28.4 Å². The molecule has 6 nitrogen and oxygen atoms in total. The summed E-state index contributed by atoms with van der Waals surface area (Å²) in [5.41, 5.74) is 3.56. The van der Waals surface area contributed by atoms with Crippen LogP contribution >= 0.6 is 11.3 Å². The van der Waals surface area contributed by atoms with Gasteiger partial charge in [0.15, 0.2) is 5.58 Å². The lowest BCUT2D eigenvalue weighted by atomic mass is 9.95. The molecule has 0 saturated heterocycles. The Hall–Kier alpha value is -2.54. The minimum Gasteiger partial charge on any atom is -0.463 e. The van der Waals surface area contributed by atoms with Crippen LogP contribution in [-0.2, 0) is 24.6 Å². The lowest BCUT2D eigenvalue weighted by molar-refractivity contribution is 0.0526. The number of ether oxygens (including phenoxy) is 1. The van der Waals surface area contributed by atoms with E-state index in [9.17, 15) is 9.59 Å². The maximum absolute atomic E-state index is 12.8. The average molecular weight is 372 g/mol. The number of rotatable bonds is 4. The van der Waals surface area contributed by atoms with Crippen LogP contribution in [0.25, 0.3) is 11.1 Å². The lowest BCUT2D eigenvalue weighted by Gasteiger charge is -2.12. The second-order valence-corrected chi connectivity index (χ2v) is 7.45. The number of anilines is 1. The zero-order valence-corrected chi connectivity index (χ0v) is 15.6. The Morgan fingerprint density at radius 1 is 1.35 bits per heavy atom. The molecule has 7 heteroatoms. The molecule has 0 unspecified atom stereocenters. The summed E-state index contributed by atoms with van der Waals surface area (Å²) in [7, 11) is 1.82. The van der Waals surface area contributed by atoms with Crippen LogP contribution in [-0.4, -0.2) is 23.1 Å². The molecule has 0 fully saturated rings. The third-order valence-corrected chi connectivity index (χ3v) is 5.98. The van der Waals surface area contributed by atoms with E-state index in [2.05, 4.69) is 5.32 Å². The third-order valence-electron chi connectivity index (χ3n) is 4.77. The highest BCUT2D eigenvalue weighted by molar-refractivity contribution is 7.17. The Kier molecular flexibility index (Phi) is 4.32. The van der Waals surface area contributed by atoms with E-state index in [1.807, 2.05) is 13.1 Å². The van der Waals surface area contributed by atoms with Crippen molar-refractivity contribution in [1.82, 2.24) is 4.57 Å². The Morgan fingerprint density at radius 2 is 2.15 bits per heavy atom. The summed E-state index contributed by atoms with van der Waals surface area (Å²) < 4.78 is 12.4. The quantitative estimate of drug-likeness (QED) is 0.699. The topological polar surface area (TPSA) is 73.5 Å². The number of thiophene rings is 1. The molecule has 4 rings (SSSR count). The fourth-order valence-corrected chi connectivity index (χ4v) is 4.78. The Balaban J connectivity index is 1.69. The van der Waals surface area contributed by atoms with Gasteiger partial charge in [-0.3, -0.25) is 4.79 Å². The summed E-state index contributed by atoms with van der Waals surface area (Å²) in [6.07, 6.45) is 5.56. The third kappa shape index (κ3) is 2.72. The maximum atomic E-state index is 12.8. The zero-order valence-electron chi connectivity index (χ0n) is 14.8. The first-order valence-electron chi connectivity index (χ1n) is 8.76. The van der Waals surface area contributed by atoms with Crippen molar-refractivity contribution >= 4 is 39.3 Å². The predicted octanol–water partition coefficient (Wildman–Crippen LogP) is 4.14. The molecule has 0 aromatic carbocycles. The highest BCUT2D eigenvalue weighted by atomic mass is 32.1.